The molecule has 0 aromatic heterocycles. The number of carbonyl (C=O) groups is 1. The van der Waals surface area contributed by atoms with Crippen molar-refractivity contribution in [2.45, 2.75) is 32.6 Å². The first-order valence-electron chi connectivity index (χ1n) is 8.60. The Labute approximate surface area is 159 Å². The fourth-order valence-electron chi connectivity index (χ4n) is 4.32. The van der Waals surface area contributed by atoms with Gasteiger partial charge in [-0.15, -0.1) is 0 Å². The van der Waals surface area contributed by atoms with Crippen LogP contribution in [0.3, 0.4) is 0 Å². The zero-order valence-corrected chi connectivity index (χ0v) is 18.5. The van der Waals surface area contributed by atoms with Gasteiger partial charge in [0.15, 0.2) is 0 Å². The maximum absolute atomic E-state index is 12.3. The van der Waals surface area contributed by atoms with E-state index in [1.807, 2.05) is 6.07 Å². The van der Waals surface area contributed by atoms with Gasteiger partial charge in [0.2, 0.25) is 0 Å². The molecule has 5 heteroatoms. The highest BCUT2D eigenvalue weighted by Gasteiger charge is 2.53. The first-order valence-corrected chi connectivity index (χ1v) is 16.4. The molecule has 1 amide bonds. The fourth-order valence-corrected chi connectivity index (χ4v) is 18.1. The predicted molar refractivity (Wildman–Crippen MR) is 114 cm³/mol. The van der Waals surface area contributed by atoms with Crippen molar-refractivity contribution < 1.29 is 4.79 Å². The maximum atomic E-state index is 12.3. The molecule has 2 nitrogen and oxygen atoms in total. The van der Waals surface area contributed by atoms with Crippen molar-refractivity contribution in [1.82, 2.24) is 5.73 Å². The van der Waals surface area contributed by atoms with Crippen LogP contribution in [0, 0.1) is 0 Å². The van der Waals surface area contributed by atoms with Crippen LogP contribution >= 0.6 is 15.9 Å². The second-order valence-electron chi connectivity index (χ2n) is 8.10. The van der Waals surface area contributed by atoms with Crippen molar-refractivity contribution in [3.63, 3.8) is 0 Å². The molecule has 1 aliphatic heterocycles. The Hall–Kier alpha value is -1.44. The van der Waals surface area contributed by atoms with E-state index < -0.39 is 21.1 Å². The summed E-state index contributed by atoms with van der Waals surface area (Å²) in [6.07, 6.45) is 5.30. The lowest BCUT2D eigenvalue weighted by molar-refractivity contribution is 0.0993. The largest absolute Gasteiger partial charge is 0.270 e. The van der Waals surface area contributed by atoms with Gasteiger partial charge in [-0.05, 0) is 45.1 Å². The van der Waals surface area contributed by atoms with Gasteiger partial charge in [-0.3, -0.25) is 10.5 Å². The van der Waals surface area contributed by atoms with Gasteiger partial charge in [0, 0.05) is 10.0 Å². The van der Waals surface area contributed by atoms with Crippen LogP contribution in [0.4, 0.5) is 0 Å². The van der Waals surface area contributed by atoms with Gasteiger partial charge in [0.1, 0.15) is 0 Å². The van der Waals surface area contributed by atoms with E-state index >= 15 is 0 Å². The van der Waals surface area contributed by atoms with Gasteiger partial charge in [0.05, 0.1) is 15.2 Å². The number of carbonyl (C=O) groups excluding carboxylic acids is 1. The van der Waals surface area contributed by atoms with Crippen molar-refractivity contribution in [1.29, 1.82) is 0 Å². The Kier molecular flexibility index (Phi) is 3.59. The van der Waals surface area contributed by atoms with Gasteiger partial charge >= 0.3 is 0 Å². The fraction of sp³-hybridized carbons (Fsp3) is 0.250. The molecule has 127 valence electrons. The van der Waals surface area contributed by atoms with Crippen LogP contribution in [0.1, 0.15) is 21.5 Å². The quantitative estimate of drug-likeness (QED) is 0.667. The lowest BCUT2D eigenvalue weighted by Crippen LogP contribution is -2.63. The first-order chi connectivity index (χ1) is 11.7. The van der Waals surface area contributed by atoms with Gasteiger partial charge in [-0.1, -0.05) is 72.5 Å². The van der Waals surface area contributed by atoms with Crippen molar-refractivity contribution in [3.05, 3.63) is 51.5 Å². The smallest absolute Gasteiger partial charge is 0.267 e. The molecular weight excluding hydrogens is 406 g/mol. The number of hydrogen-bond donors (Lipinski definition) is 0. The monoisotopic (exact) mass is 426 g/mol. The molecule has 0 unspecified atom stereocenters. The molecule has 0 saturated heterocycles. The van der Waals surface area contributed by atoms with Crippen LogP contribution in [-0.2, 0) is 6.42 Å². The third-order valence-electron chi connectivity index (χ3n) is 6.46. The SMILES string of the molecule is C[Si]1(C)c2cc(C([NH])=O)c(-c3cccc4c3C=CC4)c(c2Br)[Si]1(C)C. The Morgan fingerprint density at radius 1 is 1.16 bits per heavy atom. The van der Waals surface area contributed by atoms with E-state index in [1.165, 1.54) is 26.0 Å². The summed E-state index contributed by atoms with van der Waals surface area (Å²) in [5, 5.41) is 2.67. The van der Waals surface area contributed by atoms with Crippen LogP contribution in [0.25, 0.3) is 17.2 Å². The van der Waals surface area contributed by atoms with E-state index in [-0.39, 0.29) is 0 Å². The molecule has 0 saturated carbocycles. The molecule has 1 heterocycles. The molecule has 1 aliphatic carbocycles. The summed E-state index contributed by atoms with van der Waals surface area (Å²) in [6.45, 7) is 9.72. The predicted octanol–water partition coefficient (Wildman–Crippen LogP) is 4.03. The summed E-state index contributed by atoms with van der Waals surface area (Å²) in [5.74, 6) is -0.568. The van der Waals surface area contributed by atoms with Gasteiger partial charge in [-0.2, -0.15) is 0 Å². The minimum atomic E-state index is -1.74. The van der Waals surface area contributed by atoms with Crippen molar-refractivity contribution >= 4 is 53.5 Å². The van der Waals surface area contributed by atoms with E-state index in [4.69, 9.17) is 5.73 Å². The van der Waals surface area contributed by atoms with Crippen molar-refractivity contribution in [2.75, 3.05) is 0 Å². The number of allylic oxidation sites excluding steroid dienone is 1. The standard InChI is InChI=1S/C20H21BrNOSi2/c1-24(2)16-11-15(20(22)23)17(19(18(16)21)25(24,3)4)14-10-6-8-12-7-5-9-13(12)14/h5-6,8-11,22H,7H2,1-4H3. The van der Waals surface area contributed by atoms with Gasteiger partial charge in [0.25, 0.3) is 5.91 Å². The summed E-state index contributed by atoms with van der Waals surface area (Å²) >= 11 is 3.88. The van der Waals surface area contributed by atoms with Crippen LogP contribution < -0.4 is 16.1 Å². The Morgan fingerprint density at radius 2 is 1.88 bits per heavy atom. The van der Waals surface area contributed by atoms with Crippen LogP contribution in [0.2, 0.25) is 26.2 Å². The lowest BCUT2D eigenvalue weighted by atomic mass is 9.93. The molecule has 2 aromatic carbocycles. The average molecular weight is 427 g/mol. The zero-order chi connectivity index (χ0) is 18.1. The number of halogens is 1. The number of hydrogen-bond acceptors (Lipinski definition) is 1. The topological polar surface area (TPSA) is 40.9 Å². The third-order valence-corrected chi connectivity index (χ3v) is 25.6. The molecule has 1 N–H and O–H groups in total. The Balaban J connectivity index is 2.15. The normalized spacial score (nSPS) is 18.4. The second kappa shape index (κ2) is 5.28. The van der Waals surface area contributed by atoms with E-state index in [1.54, 1.807) is 0 Å². The highest BCUT2D eigenvalue weighted by Crippen LogP contribution is 2.40. The van der Waals surface area contributed by atoms with Crippen LogP contribution in [0.5, 0.6) is 0 Å². The van der Waals surface area contributed by atoms with E-state index in [0.717, 1.165) is 17.5 Å². The van der Waals surface area contributed by atoms with Crippen LogP contribution in [0.15, 0.2) is 34.8 Å². The summed E-state index contributed by atoms with van der Waals surface area (Å²) in [5.41, 5.74) is 13.2. The van der Waals surface area contributed by atoms with Gasteiger partial charge in [-0.25, -0.2) is 0 Å². The summed E-state index contributed by atoms with van der Waals surface area (Å²) in [6, 6.07) is 8.39. The lowest BCUT2D eigenvalue weighted by Gasteiger charge is -2.32. The summed E-state index contributed by atoms with van der Waals surface area (Å²) in [7, 11) is -3.41. The van der Waals surface area contributed by atoms with Crippen molar-refractivity contribution in [2.24, 2.45) is 0 Å². The summed E-state index contributed by atoms with van der Waals surface area (Å²) in [4.78, 5) is 12.3. The highest BCUT2D eigenvalue weighted by molar-refractivity contribution is 9.11. The number of nitrogens with one attached hydrogen (secondary N) is 1. The Bertz CT molecular complexity index is 976. The molecular formula is C20H21BrNOSi2. The second-order valence-corrected chi connectivity index (χ2v) is 23.9. The average Bonchev–Trinajstić information content (AvgIpc) is 3.03. The summed E-state index contributed by atoms with van der Waals surface area (Å²) < 4.78 is 1.21. The number of rotatable bonds is 2. The van der Waals surface area contributed by atoms with E-state index in [9.17, 15) is 4.79 Å². The maximum Gasteiger partial charge on any atom is 0.270 e. The molecule has 0 spiro atoms. The minimum absolute atomic E-state index is 0.568. The van der Waals surface area contributed by atoms with E-state index in [0.29, 0.717) is 5.56 Å². The van der Waals surface area contributed by atoms with Gasteiger partial charge < -0.3 is 0 Å². The Morgan fingerprint density at radius 3 is 2.56 bits per heavy atom. The van der Waals surface area contributed by atoms with Crippen LogP contribution in [-0.4, -0.2) is 21.1 Å². The zero-order valence-electron chi connectivity index (χ0n) is 15.0. The highest BCUT2D eigenvalue weighted by atomic mass is 79.9. The molecule has 0 fully saturated rings. The molecule has 25 heavy (non-hydrogen) atoms. The number of fused-ring (bicyclic) bond motifs is 3. The number of amides is 1. The molecule has 2 aromatic rings. The van der Waals surface area contributed by atoms with Crippen molar-refractivity contribution in [3.8, 4) is 11.1 Å². The molecule has 2 aliphatic rings. The molecule has 1 radical (unpaired) electrons. The number of benzene rings is 2. The molecule has 4 rings (SSSR count). The molecule has 0 atom stereocenters. The van der Waals surface area contributed by atoms with E-state index in [2.05, 4.69) is 72.5 Å². The minimum Gasteiger partial charge on any atom is -0.267 e. The first kappa shape index (κ1) is 17.0. The third kappa shape index (κ3) is 2.09. The molecule has 2 bridgehead atoms.